The molecule has 4 heteroatoms. The van der Waals surface area contributed by atoms with E-state index in [4.69, 9.17) is 5.73 Å². The zero-order chi connectivity index (χ0) is 8.72. The van der Waals surface area contributed by atoms with Gasteiger partial charge in [0.25, 0.3) is 0 Å². The van der Waals surface area contributed by atoms with E-state index in [1.54, 1.807) is 6.20 Å². The molecule has 0 unspecified atom stereocenters. The van der Waals surface area contributed by atoms with Crippen molar-refractivity contribution in [3.63, 3.8) is 0 Å². The first-order chi connectivity index (χ1) is 5.70. The van der Waals surface area contributed by atoms with Crippen LogP contribution in [-0.4, -0.2) is 14.4 Å². The predicted octanol–water partition coefficient (Wildman–Crippen LogP) is 0.928. The highest BCUT2D eigenvalue weighted by Gasteiger charge is 2.06. The van der Waals surface area contributed by atoms with Crippen LogP contribution in [0, 0.1) is 13.8 Å². The van der Waals surface area contributed by atoms with Gasteiger partial charge in [-0.25, -0.2) is 9.97 Å². The van der Waals surface area contributed by atoms with Crippen molar-refractivity contribution in [2.75, 3.05) is 5.73 Å². The molecule has 0 saturated heterocycles. The molecule has 0 fully saturated rings. The molecule has 2 aromatic heterocycles. The van der Waals surface area contributed by atoms with Crippen LogP contribution in [-0.2, 0) is 0 Å². The Kier molecular flexibility index (Phi) is 1.30. The van der Waals surface area contributed by atoms with Crippen molar-refractivity contribution in [2.45, 2.75) is 13.8 Å². The first kappa shape index (κ1) is 7.09. The van der Waals surface area contributed by atoms with E-state index >= 15 is 0 Å². The third-order valence-electron chi connectivity index (χ3n) is 1.93. The molecule has 0 atom stereocenters. The van der Waals surface area contributed by atoms with Crippen LogP contribution in [0.15, 0.2) is 12.4 Å². The van der Waals surface area contributed by atoms with Gasteiger partial charge in [0.05, 0.1) is 5.69 Å². The minimum atomic E-state index is 0.538. The molecule has 4 nitrogen and oxygen atoms in total. The van der Waals surface area contributed by atoms with Gasteiger partial charge in [-0.1, -0.05) is 0 Å². The van der Waals surface area contributed by atoms with Crippen LogP contribution < -0.4 is 5.73 Å². The fourth-order valence-corrected chi connectivity index (χ4v) is 1.42. The second-order valence-corrected chi connectivity index (χ2v) is 2.78. The Labute approximate surface area is 70.1 Å². The second-order valence-electron chi connectivity index (χ2n) is 2.78. The summed E-state index contributed by atoms with van der Waals surface area (Å²) in [5, 5.41) is 0. The molecule has 0 saturated carbocycles. The SMILES string of the molecule is Cc1nc(C)n2ccnc(N)c12. The van der Waals surface area contributed by atoms with Crippen LogP contribution in [0.4, 0.5) is 5.82 Å². The van der Waals surface area contributed by atoms with Crippen molar-refractivity contribution in [1.29, 1.82) is 0 Å². The minimum Gasteiger partial charge on any atom is -0.382 e. The number of imidazole rings is 1. The van der Waals surface area contributed by atoms with Gasteiger partial charge >= 0.3 is 0 Å². The highest BCUT2D eigenvalue weighted by molar-refractivity contribution is 5.68. The maximum Gasteiger partial charge on any atom is 0.149 e. The number of aromatic nitrogens is 3. The molecule has 12 heavy (non-hydrogen) atoms. The number of hydrogen-bond acceptors (Lipinski definition) is 3. The molecule has 0 aliphatic heterocycles. The van der Waals surface area contributed by atoms with Crippen LogP contribution in [0.25, 0.3) is 5.52 Å². The molecule has 62 valence electrons. The lowest BCUT2D eigenvalue weighted by Gasteiger charge is -1.97. The molecule has 2 heterocycles. The summed E-state index contributed by atoms with van der Waals surface area (Å²) in [6.07, 6.45) is 3.54. The fourth-order valence-electron chi connectivity index (χ4n) is 1.42. The Morgan fingerprint density at radius 2 is 2.17 bits per heavy atom. The molecule has 0 bridgehead atoms. The minimum absolute atomic E-state index is 0.538. The summed E-state index contributed by atoms with van der Waals surface area (Å²) in [5.41, 5.74) is 7.54. The van der Waals surface area contributed by atoms with Gasteiger partial charge in [-0.2, -0.15) is 0 Å². The van der Waals surface area contributed by atoms with E-state index in [-0.39, 0.29) is 0 Å². The van der Waals surface area contributed by atoms with E-state index in [2.05, 4.69) is 9.97 Å². The summed E-state index contributed by atoms with van der Waals surface area (Å²) in [6, 6.07) is 0. The first-order valence-corrected chi connectivity index (χ1v) is 3.76. The Hall–Kier alpha value is -1.58. The Bertz CT molecular complexity index is 430. The van der Waals surface area contributed by atoms with Crippen molar-refractivity contribution >= 4 is 11.3 Å². The maximum atomic E-state index is 5.70. The van der Waals surface area contributed by atoms with Crippen LogP contribution >= 0.6 is 0 Å². The molecule has 0 aromatic carbocycles. The van der Waals surface area contributed by atoms with E-state index < -0.39 is 0 Å². The van der Waals surface area contributed by atoms with Gasteiger partial charge in [-0.15, -0.1) is 0 Å². The van der Waals surface area contributed by atoms with Gasteiger partial charge in [0.15, 0.2) is 0 Å². The first-order valence-electron chi connectivity index (χ1n) is 3.76. The lowest BCUT2D eigenvalue weighted by atomic mass is 10.4. The summed E-state index contributed by atoms with van der Waals surface area (Å²) >= 11 is 0. The lowest BCUT2D eigenvalue weighted by Crippen LogP contribution is -1.95. The van der Waals surface area contributed by atoms with Gasteiger partial charge in [-0.3, -0.25) is 4.40 Å². The summed E-state index contributed by atoms with van der Waals surface area (Å²) in [7, 11) is 0. The number of nitrogen functional groups attached to an aromatic ring is 1. The van der Waals surface area contributed by atoms with Gasteiger partial charge in [0.2, 0.25) is 0 Å². The van der Waals surface area contributed by atoms with Crippen LogP contribution in [0.2, 0.25) is 0 Å². The Morgan fingerprint density at radius 3 is 2.83 bits per heavy atom. The monoisotopic (exact) mass is 162 g/mol. The molecule has 0 aliphatic rings. The highest BCUT2D eigenvalue weighted by atomic mass is 15.1. The van der Waals surface area contributed by atoms with E-state index in [9.17, 15) is 0 Å². The standard InChI is InChI=1S/C8H10N4/c1-5-7-8(9)10-3-4-12(7)6(2)11-5/h3-4H,1-2H3,(H2,9,10). The fraction of sp³-hybridized carbons (Fsp3) is 0.250. The van der Waals surface area contributed by atoms with Crippen LogP contribution in [0.1, 0.15) is 11.5 Å². The van der Waals surface area contributed by atoms with E-state index in [0.29, 0.717) is 5.82 Å². The number of anilines is 1. The number of aryl methyl sites for hydroxylation is 2. The molecule has 0 amide bonds. The number of nitrogens with zero attached hydrogens (tertiary/aromatic N) is 3. The topological polar surface area (TPSA) is 56.2 Å². The molecule has 2 N–H and O–H groups in total. The Morgan fingerprint density at radius 1 is 1.42 bits per heavy atom. The zero-order valence-electron chi connectivity index (χ0n) is 7.07. The highest BCUT2D eigenvalue weighted by Crippen LogP contribution is 2.15. The third kappa shape index (κ3) is 0.777. The van der Waals surface area contributed by atoms with Crippen molar-refractivity contribution < 1.29 is 0 Å². The van der Waals surface area contributed by atoms with Crippen molar-refractivity contribution in [2.24, 2.45) is 0 Å². The lowest BCUT2D eigenvalue weighted by molar-refractivity contribution is 1.03. The maximum absolute atomic E-state index is 5.70. The molecule has 0 spiro atoms. The van der Waals surface area contributed by atoms with Crippen LogP contribution in [0.5, 0.6) is 0 Å². The molecule has 0 radical (unpaired) electrons. The summed E-state index contributed by atoms with van der Waals surface area (Å²) in [4.78, 5) is 8.29. The summed E-state index contributed by atoms with van der Waals surface area (Å²) in [6.45, 7) is 3.87. The molecule has 2 rings (SSSR count). The van der Waals surface area contributed by atoms with E-state index in [1.165, 1.54) is 0 Å². The number of nitrogens with two attached hydrogens (primary N) is 1. The van der Waals surface area contributed by atoms with E-state index in [1.807, 2.05) is 24.4 Å². The Balaban J connectivity index is 2.99. The zero-order valence-corrected chi connectivity index (χ0v) is 7.07. The largest absolute Gasteiger partial charge is 0.382 e. The number of rotatable bonds is 0. The number of fused-ring (bicyclic) bond motifs is 1. The van der Waals surface area contributed by atoms with Crippen molar-refractivity contribution in [3.05, 3.63) is 23.9 Å². The predicted molar refractivity (Wildman–Crippen MR) is 46.9 cm³/mol. The van der Waals surface area contributed by atoms with Gasteiger partial charge < -0.3 is 5.73 Å². The normalized spacial score (nSPS) is 10.8. The number of hydrogen-bond donors (Lipinski definition) is 1. The second kappa shape index (κ2) is 2.20. The smallest absolute Gasteiger partial charge is 0.149 e. The molecule has 0 aliphatic carbocycles. The van der Waals surface area contributed by atoms with Crippen molar-refractivity contribution in [1.82, 2.24) is 14.4 Å². The quantitative estimate of drug-likeness (QED) is 0.627. The molecular formula is C8H10N4. The van der Waals surface area contributed by atoms with E-state index in [0.717, 1.165) is 17.0 Å². The average molecular weight is 162 g/mol. The van der Waals surface area contributed by atoms with Gasteiger partial charge in [0, 0.05) is 12.4 Å². The summed E-state index contributed by atoms with van der Waals surface area (Å²) in [5.74, 6) is 1.48. The molecule has 2 aromatic rings. The van der Waals surface area contributed by atoms with Crippen LogP contribution in [0.3, 0.4) is 0 Å². The van der Waals surface area contributed by atoms with Crippen molar-refractivity contribution in [3.8, 4) is 0 Å². The van der Waals surface area contributed by atoms with Gasteiger partial charge in [0.1, 0.15) is 17.2 Å². The third-order valence-corrected chi connectivity index (χ3v) is 1.93. The summed E-state index contributed by atoms with van der Waals surface area (Å²) < 4.78 is 1.94. The molecular weight excluding hydrogens is 152 g/mol. The average Bonchev–Trinajstić information content (AvgIpc) is 2.29. The van der Waals surface area contributed by atoms with Gasteiger partial charge in [-0.05, 0) is 13.8 Å².